The molecule has 1 unspecified atom stereocenters. The highest BCUT2D eigenvalue weighted by Crippen LogP contribution is 2.26. The highest BCUT2D eigenvalue weighted by molar-refractivity contribution is 6.31. The Kier molecular flexibility index (Phi) is 7.71. The number of amides is 2. The molecule has 32 heavy (non-hydrogen) atoms. The molecule has 2 aromatic carbocycles. The van der Waals surface area contributed by atoms with E-state index in [1.54, 1.807) is 56.5 Å². The van der Waals surface area contributed by atoms with Crippen LogP contribution in [0.2, 0.25) is 5.02 Å². The molecule has 8 nitrogen and oxygen atoms in total. The van der Waals surface area contributed by atoms with Gasteiger partial charge in [0.2, 0.25) is 0 Å². The lowest BCUT2D eigenvalue weighted by atomic mass is 10.2. The van der Waals surface area contributed by atoms with Gasteiger partial charge in [0.15, 0.2) is 0 Å². The van der Waals surface area contributed by atoms with Crippen molar-refractivity contribution in [2.45, 2.75) is 19.4 Å². The zero-order valence-electron chi connectivity index (χ0n) is 18.6. The largest absolute Gasteiger partial charge is 0.495 e. The Morgan fingerprint density at radius 3 is 2.72 bits per heavy atom. The Bertz CT molecular complexity index is 1160. The van der Waals surface area contributed by atoms with E-state index in [1.165, 1.54) is 4.57 Å². The van der Waals surface area contributed by atoms with E-state index in [-0.39, 0.29) is 11.6 Å². The van der Waals surface area contributed by atoms with Crippen molar-refractivity contribution in [1.29, 1.82) is 0 Å². The fourth-order valence-corrected chi connectivity index (χ4v) is 3.73. The van der Waals surface area contributed by atoms with E-state index in [4.69, 9.17) is 21.1 Å². The van der Waals surface area contributed by atoms with Gasteiger partial charge in [-0.05, 0) is 43.7 Å². The predicted octanol–water partition coefficient (Wildman–Crippen LogP) is 4.23. The summed E-state index contributed by atoms with van der Waals surface area (Å²) < 4.78 is 12.0. The summed E-state index contributed by atoms with van der Waals surface area (Å²) in [6, 6.07) is 11.3. The molecule has 0 aliphatic heterocycles. The van der Waals surface area contributed by atoms with Gasteiger partial charge in [-0.25, -0.2) is 9.78 Å². The van der Waals surface area contributed by atoms with Crippen LogP contribution in [0.15, 0.2) is 47.3 Å². The van der Waals surface area contributed by atoms with Gasteiger partial charge < -0.3 is 19.7 Å². The van der Waals surface area contributed by atoms with Crippen LogP contribution in [0, 0.1) is 0 Å². The minimum Gasteiger partial charge on any atom is -0.495 e. The molecule has 1 heterocycles. The Hall–Kier alpha value is -3.10. The van der Waals surface area contributed by atoms with Crippen LogP contribution in [0.4, 0.5) is 10.5 Å². The number of fused-ring (bicyclic) bond motifs is 1. The van der Waals surface area contributed by atoms with Crippen molar-refractivity contribution in [2.75, 3.05) is 32.7 Å². The summed E-state index contributed by atoms with van der Waals surface area (Å²) >= 11 is 6.11. The zero-order chi connectivity index (χ0) is 23.3. The van der Waals surface area contributed by atoms with Crippen molar-refractivity contribution in [3.8, 4) is 5.75 Å². The van der Waals surface area contributed by atoms with Crippen molar-refractivity contribution in [2.24, 2.45) is 7.05 Å². The third-order valence-corrected chi connectivity index (χ3v) is 5.51. The zero-order valence-corrected chi connectivity index (χ0v) is 19.3. The van der Waals surface area contributed by atoms with Gasteiger partial charge in [0.05, 0.1) is 29.7 Å². The molecule has 0 saturated heterocycles. The molecule has 0 fully saturated rings. The summed E-state index contributed by atoms with van der Waals surface area (Å²) in [4.78, 5) is 32.5. The molecule has 3 aromatic rings. The Labute approximate surface area is 191 Å². The molecular weight excluding hydrogens is 432 g/mol. The molecule has 0 saturated carbocycles. The highest BCUT2D eigenvalue weighted by atomic mass is 35.5. The Morgan fingerprint density at radius 2 is 2.00 bits per heavy atom. The number of methoxy groups -OCH3 is 2. The number of benzene rings is 2. The first-order chi connectivity index (χ1) is 15.4. The summed E-state index contributed by atoms with van der Waals surface area (Å²) in [7, 11) is 4.81. The van der Waals surface area contributed by atoms with Gasteiger partial charge in [0.1, 0.15) is 11.6 Å². The molecule has 2 amide bonds. The number of carbonyl (C=O) groups excluding carboxylic acids is 1. The lowest BCUT2D eigenvalue weighted by Crippen LogP contribution is -2.40. The van der Waals surface area contributed by atoms with Gasteiger partial charge >= 0.3 is 6.03 Å². The fraction of sp³-hybridized carbons (Fsp3) is 0.348. The van der Waals surface area contributed by atoms with Crippen molar-refractivity contribution in [1.82, 2.24) is 14.5 Å². The summed E-state index contributed by atoms with van der Waals surface area (Å²) in [6.07, 6.45) is 0.619. The highest BCUT2D eigenvalue weighted by Gasteiger charge is 2.26. The van der Waals surface area contributed by atoms with Gasteiger partial charge in [0.25, 0.3) is 5.56 Å². The smallest absolute Gasteiger partial charge is 0.322 e. The van der Waals surface area contributed by atoms with Gasteiger partial charge in [-0.3, -0.25) is 9.36 Å². The lowest BCUT2D eigenvalue weighted by molar-refractivity contribution is 0.158. The van der Waals surface area contributed by atoms with Crippen LogP contribution >= 0.6 is 11.6 Å². The fourth-order valence-electron chi connectivity index (χ4n) is 3.56. The SMILES string of the molecule is COCCCN(C(=O)Nc1ccccc1OC)C(C)c1nc2cc(Cl)ccc2c(=O)n1C. The van der Waals surface area contributed by atoms with Crippen molar-refractivity contribution in [3.63, 3.8) is 0 Å². The van der Waals surface area contributed by atoms with E-state index in [0.717, 1.165) is 0 Å². The normalized spacial score (nSPS) is 11.9. The topological polar surface area (TPSA) is 85.7 Å². The number of nitrogens with one attached hydrogen (secondary N) is 1. The summed E-state index contributed by atoms with van der Waals surface area (Å²) in [5.41, 5.74) is 0.844. The van der Waals surface area contributed by atoms with Crippen LogP contribution in [0.25, 0.3) is 10.9 Å². The second-order valence-corrected chi connectivity index (χ2v) is 7.78. The van der Waals surface area contributed by atoms with Crippen molar-refractivity contribution < 1.29 is 14.3 Å². The van der Waals surface area contributed by atoms with Crippen LogP contribution in [-0.4, -0.2) is 47.9 Å². The standard InChI is InChI=1S/C23H27ClN4O4/c1-15(21-25-19-14-16(24)10-11-17(19)22(29)27(21)2)28(12-7-13-31-3)23(30)26-18-8-5-6-9-20(18)32-4/h5-6,8-11,14-15H,7,12-13H2,1-4H3,(H,26,30). The van der Waals surface area contributed by atoms with E-state index in [2.05, 4.69) is 10.3 Å². The number of anilines is 1. The molecule has 3 rings (SSSR count). The first-order valence-corrected chi connectivity index (χ1v) is 10.6. The first-order valence-electron chi connectivity index (χ1n) is 10.2. The maximum atomic E-state index is 13.3. The van der Waals surface area contributed by atoms with Gasteiger partial charge in [-0.2, -0.15) is 0 Å². The average molecular weight is 459 g/mol. The number of rotatable bonds is 8. The molecule has 9 heteroatoms. The van der Waals surface area contributed by atoms with E-state index < -0.39 is 6.04 Å². The molecule has 0 bridgehead atoms. The van der Waals surface area contributed by atoms with Crippen LogP contribution in [0.5, 0.6) is 5.75 Å². The molecule has 1 N–H and O–H groups in total. The number of para-hydroxylation sites is 2. The average Bonchev–Trinajstić information content (AvgIpc) is 2.79. The molecule has 1 atom stereocenters. The van der Waals surface area contributed by atoms with E-state index >= 15 is 0 Å². The lowest BCUT2D eigenvalue weighted by Gasteiger charge is -2.30. The maximum absolute atomic E-state index is 13.3. The maximum Gasteiger partial charge on any atom is 0.322 e. The van der Waals surface area contributed by atoms with Crippen LogP contribution in [0.3, 0.4) is 0 Å². The number of nitrogens with zero attached hydrogens (tertiary/aromatic N) is 3. The van der Waals surface area contributed by atoms with Crippen LogP contribution in [0.1, 0.15) is 25.2 Å². The summed E-state index contributed by atoms with van der Waals surface area (Å²) in [6.45, 7) is 2.73. The quantitative estimate of drug-likeness (QED) is 0.510. The van der Waals surface area contributed by atoms with Gasteiger partial charge in [-0.15, -0.1) is 0 Å². The first kappa shape index (κ1) is 23.6. The van der Waals surface area contributed by atoms with Crippen LogP contribution in [-0.2, 0) is 11.8 Å². The molecule has 1 aromatic heterocycles. The number of hydrogen-bond acceptors (Lipinski definition) is 5. The molecule has 0 aliphatic carbocycles. The second-order valence-electron chi connectivity index (χ2n) is 7.34. The number of halogens is 1. The van der Waals surface area contributed by atoms with E-state index in [9.17, 15) is 9.59 Å². The van der Waals surface area contributed by atoms with Gasteiger partial charge in [-0.1, -0.05) is 23.7 Å². The molecule has 0 spiro atoms. The third-order valence-electron chi connectivity index (χ3n) is 5.27. The number of hydrogen-bond donors (Lipinski definition) is 1. The number of aromatic nitrogens is 2. The van der Waals surface area contributed by atoms with E-state index in [1.807, 2.05) is 19.1 Å². The summed E-state index contributed by atoms with van der Waals surface area (Å²) in [5, 5.41) is 3.86. The Balaban J connectivity index is 1.98. The Morgan fingerprint density at radius 1 is 1.25 bits per heavy atom. The molecule has 170 valence electrons. The van der Waals surface area contributed by atoms with Gasteiger partial charge in [0, 0.05) is 32.3 Å². The minimum atomic E-state index is -0.498. The van der Waals surface area contributed by atoms with Crippen LogP contribution < -0.4 is 15.6 Å². The van der Waals surface area contributed by atoms with Crippen molar-refractivity contribution >= 4 is 34.2 Å². The monoisotopic (exact) mass is 458 g/mol. The minimum absolute atomic E-state index is 0.199. The predicted molar refractivity (Wildman–Crippen MR) is 126 cm³/mol. The molecular formula is C23H27ClN4O4. The summed E-state index contributed by atoms with van der Waals surface area (Å²) in [5.74, 6) is 1.01. The third kappa shape index (κ3) is 5.03. The van der Waals surface area contributed by atoms with E-state index in [0.29, 0.717) is 52.8 Å². The molecule has 0 radical (unpaired) electrons. The van der Waals surface area contributed by atoms with Crippen molar-refractivity contribution in [3.05, 3.63) is 63.7 Å². The molecule has 0 aliphatic rings. The second kappa shape index (κ2) is 10.5. The number of ether oxygens (including phenoxy) is 2. The number of carbonyl (C=O) groups is 1. The number of urea groups is 1.